The van der Waals surface area contributed by atoms with E-state index in [9.17, 15) is 23.6 Å². The molecule has 0 saturated heterocycles. The maximum atomic E-state index is 12.7. The van der Waals surface area contributed by atoms with E-state index in [1.807, 2.05) is 0 Å². The van der Waals surface area contributed by atoms with Gasteiger partial charge in [-0.3, -0.25) is 19.2 Å². The molecule has 0 spiro atoms. The van der Waals surface area contributed by atoms with E-state index in [4.69, 9.17) is 0 Å². The fraction of sp³-hybridized carbons (Fsp3) is 0.333. The summed E-state index contributed by atoms with van der Waals surface area (Å²) in [6.07, 6.45) is -0.302. The first-order valence-corrected chi connectivity index (χ1v) is 6.84. The molecular formula is C15H17FN2O5. The van der Waals surface area contributed by atoms with E-state index in [2.05, 4.69) is 15.4 Å². The molecule has 2 N–H and O–H groups in total. The van der Waals surface area contributed by atoms with Crippen molar-refractivity contribution in [2.75, 3.05) is 20.2 Å². The quantitative estimate of drug-likeness (QED) is 0.525. The van der Waals surface area contributed by atoms with Crippen LogP contribution in [0.2, 0.25) is 0 Å². The molecule has 1 aromatic rings. The molecule has 124 valence electrons. The monoisotopic (exact) mass is 324 g/mol. The minimum atomic E-state index is -0.712. The van der Waals surface area contributed by atoms with Crippen molar-refractivity contribution in [3.05, 3.63) is 35.6 Å². The van der Waals surface area contributed by atoms with E-state index < -0.39 is 24.3 Å². The summed E-state index contributed by atoms with van der Waals surface area (Å²) in [6, 6.07) is 4.97. The Morgan fingerprint density at radius 2 is 1.70 bits per heavy atom. The second-order valence-electron chi connectivity index (χ2n) is 4.54. The average Bonchev–Trinajstić information content (AvgIpc) is 2.56. The van der Waals surface area contributed by atoms with E-state index in [1.165, 1.54) is 19.2 Å². The lowest BCUT2D eigenvalue weighted by atomic mass is 10.1. The Morgan fingerprint density at radius 3 is 2.30 bits per heavy atom. The van der Waals surface area contributed by atoms with Gasteiger partial charge in [0.2, 0.25) is 5.91 Å². The van der Waals surface area contributed by atoms with Crippen LogP contribution in [0.1, 0.15) is 23.2 Å². The SMILES string of the molecule is CNC(=O)CNC(=O)COC(=O)CCC(=O)c1ccc(F)cc1. The summed E-state index contributed by atoms with van der Waals surface area (Å²) in [5.74, 6) is -2.49. The highest BCUT2D eigenvalue weighted by Crippen LogP contribution is 2.07. The number of amides is 2. The molecule has 0 aliphatic carbocycles. The number of halogens is 1. The number of carbonyl (C=O) groups excluding carboxylic acids is 4. The normalized spacial score (nSPS) is 9.83. The highest BCUT2D eigenvalue weighted by atomic mass is 19.1. The molecule has 1 rings (SSSR count). The topological polar surface area (TPSA) is 102 Å². The Bertz CT molecular complexity index is 586. The lowest BCUT2D eigenvalue weighted by Gasteiger charge is -2.06. The Hall–Kier alpha value is -2.77. The Balaban J connectivity index is 2.26. The minimum absolute atomic E-state index is 0.107. The van der Waals surface area contributed by atoms with E-state index >= 15 is 0 Å². The number of hydrogen-bond acceptors (Lipinski definition) is 5. The smallest absolute Gasteiger partial charge is 0.306 e. The number of carbonyl (C=O) groups is 4. The first-order chi connectivity index (χ1) is 10.9. The van der Waals surface area contributed by atoms with Crippen molar-refractivity contribution < 1.29 is 28.3 Å². The van der Waals surface area contributed by atoms with Gasteiger partial charge in [0.15, 0.2) is 12.4 Å². The summed E-state index contributed by atoms with van der Waals surface area (Å²) in [5.41, 5.74) is 0.294. The summed E-state index contributed by atoms with van der Waals surface area (Å²) < 4.78 is 17.4. The minimum Gasteiger partial charge on any atom is -0.456 e. The van der Waals surface area contributed by atoms with Crippen molar-refractivity contribution in [3.63, 3.8) is 0 Å². The summed E-state index contributed by atoms with van der Waals surface area (Å²) >= 11 is 0. The Labute approximate surface area is 132 Å². The van der Waals surface area contributed by atoms with Gasteiger partial charge in [-0.2, -0.15) is 0 Å². The number of esters is 1. The van der Waals surface area contributed by atoms with Gasteiger partial charge >= 0.3 is 5.97 Å². The summed E-state index contributed by atoms with van der Waals surface area (Å²) in [7, 11) is 1.42. The lowest BCUT2D eigenvalue weighted by molar-refractivity contribution is -0.148. The predicted octanol–water partition coefficient (Wildman–Crippen LogP) is 0.194. The van der Waals surface area contributed by atoms with E-state index in [-0.39, 0.29) is 31.1 Å². The zero-order valence-corrected chi connectivity index (χ0v) is 12.6. The van der Waals surface area contributed by atoms with Crippen LogP contribution in [-0.2, 0) is 19.1 Å². The molecule has 0 unspecified atom stereocenters. The van der Waals surface area contributed by atoms with Crippen LogP contribution in [-0.4, -0.2) is 43.8 Å². The Morgan fingerprint density at radius 1 is 1.04 bits per heavy atom. The first-order valence-electron chi connectivity index (χ1n) is 6.84. The zero-order valence-electron chi connectivity index (χ0n) is 12.6. The van der Waals surface area contributed by atoms with Crippen LogP contribution in [0.4, 0.5) is 4.39 Å². The molecule has 0 saturated carbocycles. The van der Waals surface area contributed by atoms with Crippen molar-refractivity contribution in [1.29, 1.82) is 0 Å². The molecule has 7 nitrogen and oxygen atoms in total. The maximum absolute atomic E-state index is 12.7. The molecule has 0 aliphatic heterocycles. The van der Waals surface area contributed by atoms with Crippen molar-refractivity contribution in [3.8, 4) is 0 Å². The second kappa shape index (κ2) is 9.29. The highest BCUT2D eigenvalue weighted by Gasteiger charge is 2.12. The summed E-state index contributed by atoms with van der Waals surface area (Å²) in [5, 5.41) is 4.57. The molecule has 0 aromatic heterocycles. The van der Waals surface area contributed by atoms with Crippen LogP contribution < -0.4 is 10.6 Å². The van der Waals surface area contributed by atoms with E-state index in [0.717, 1.165) is 12.1 Å². The second-order valence-corrected chi connectivity index (χ2v) is 4.54. The van der Waals surface area contributed by atoms with Gasteiger partial charge < -0.3 is 15.4 Å². The molecule has 1 aromatic carbocycles. The van der Waals surface area contributed by atoms with Crippen molar-refractivity contribution in [2.45, 2.75) is 12.8 Å². The third-order valence-corrected chi connectivity index (χ3v) is 2.81. The molecule has 0 atom stereocenters. The average molecular weight is 324 g/mol. The third-order valence-electron chi connectivity index (χ3n) is 2.81. The third kappa shape index (κ3) is 7.16. The number of hydrogen-bond donors (Lipinski definition) is 2. The molecule has 8 heteroatoms. The molecule has 2 amide bonds. The molecule has 0 fully saturated rings. The number of Topliss-reactive ketones (excluding diaryl/α,β-unsaturated/α-hetero) is 1. The number of likely N-dealkylation sites (N-methyl/N-ethyl adjacent to an activating group) is 1. The standard InChI is InChI=1S/C15H17FN2O5/c1-17-13(20)8-18-14(21)9-23-15(22)7-6-12(19)10-2-4-11(16)5-3-10/h2-5H,6-9H2,1H3,(H,17,20)(H,18,21). The van der Waals surface area contributed by atoms with Gasteiger partial charge in [-0.15, -0.1) is 0 Å². The summed E-state index contributed by atoms with van der Waals surface area (Å²) in [4.78, 5) is 45.4. The van der Waals surface area contributed by atoms with Crippen LogP contribution in [0.5, 0.6) is 0 Å². The zero-order chi connectivity index (χ0) is 17.2. The number of benzene rings is 1. The molecular weight excluding hydrogens is 307 g/mol. The van der Waals surface area contributed by atoms with Crippen LogP contribution in [0.3, 0.4) is 0 Å². The van der Waals surface area contributed by atoms with Crippen LogP contribution in [0.25, 0.3) is 0 Å². The fourth-order valence-corrected chi connectivity index (χ4v) is 1.53. The van der Waals surface area contributed by atoms with Gasteiger partial charge in [-0.05, 0) is 24.3 Å². The van der Waals surface area contributed by atoms with Crippen molar-refractivity contribution in [1.82, 2.24) is 10.6 Å². The number of nitrogens with one attached hydrogen (secondary N) is 2. The highest BCUT2D eigenvalue weighted by molar-refractivity contribution is 5.97. The van der Waals surface area contributed by atoms with Crippen molar-refractivity contribution >= 4 is 23.6 Å². The van der Waals surface area contributed by atoms with Crippen LogP contribution >= 0.6 is 0 Å². The van der Waals surface area contributed by atoms with Gasteiger partial charge in [-0.25, -0.2) is 4.39 Å². The number of ketones is 1. The largest absolute Gasteiger partial charge is 0.456 e. The van der Waals surface area contributed by atoms with Gasteiger partial charge in [0, 0.05) is 19.0 Å². The molecule has 0 bridgehead atoms. The van der Waals surface area contributed by atoms with E-state index in [1.54, 1.807) is 0 Å². The van der Waals surface area contributed by atoms with Gasteiger partial charge in [0.25, 0.3) is 5.91 Å². The molecule has 0 heterocycles. The van der Waals surface area contributed by atoms with Gasteiger partial charge in [0.05, 0.1) is 13.0 Å². The van der Waals surface area contributed by atoms with E-state index in [0.29, 0.717) is 5.56 Å². The maximum Gasteiger partial charge on any atom is 0.306 e. The molecule has 23 heavy (non-hydrogen) atoms. The summed E-state index contributed by atoms with van der Waals surface area (Å²) in [6.45, 7) is -0.740. The first kappa shape index (κ1) is 18.3. The number of rotatable bonds is 8. The fourth-order valence-electron chi connectivity index (χ4n) is 1.53. The predicted molar refractivity (Wildman–Crippen MR) is 78.0 cm³/mol. The van der Waals surface area contributed by atoms with Crippen molar-refractivity contribution in [2.24, 2.45) is 0 Å². The van der Waals surface area contributed by atoms with Gasteiger partial charge in [-0.1, -0.05) is 0 Å². The number of ether oxygens (including phenoxy) is 1. The Kier molecular flexibility index (Phi) is 7.38. The van der Waals surface area contributed by atoms with Gasteiger partial charge in [0.1, 0.15) is 5.82 Å². The lowest BCUT2D eigenvalue weighted by Crippen LogP contribution is -2.37. The molecule has 0 aliphatic rings. The van der Waals surface area contributed by atoms with Crippen LogP contribution in [0, 0.1) is 5.82 Å². The van der Waals surface area contributed by atoms with Crippen LogP contribution in [0.15, 0.2) is 24.3 Å². The molecule has 0 radical (unpaired) electrons.